The zero-order chi connectivity index (χ0) is 26.5. The Labute approximate surface area is 215 Å². The van der Waals surface area contributed by atoms with Gasteiger partial charge in [0.1, 0.15) is 12.3 Å². The minimum atomic E-state index is -3.97. The van der Waals surface area contributed by atoms with Crippen molar-refractivity contribution < 1.29 is 17.9 Å². The second-order valence-corrected chi connectivity index (χ2v) is 11.5. The average Bonchev–Trinajstić information content (AvgIpc) is 2.84. The van der Waals surface area contributed by atoms with Gasteiger partial charge in [-0.25, -0.2) is 8.42 Å². The zero-order valence-corrected chi connectivity index (χ0v) is 22.7. The molecule has 1 N–H and O–H groups in total. The van der Waals surface area contributed by atoms with E-state index in [0.29, 0.717) is 18.0 Å². The van der Waals surface area contributed by atoms with Gasteiger partial charge >= 0.3 is 0 Å². The standard InChI is InChI=1S/C29H36N2O4S/c1-20(2)17-28(24-10-13-26(35-6)14-11-24)30-29(32)19-31(25-12-9-22(4)23(5)18-25)36(33,34)27-15-7-21(3)8-16-27/h7-16,18,20,28H,17,19H2,1-6H3,(H,30,32)/t28-/m1/s1. The quantitative estimate of drug-likeness (QED) is 0.380. The summed E-state index contributed by atoms with van der Waals surface area (Å²) in [5.74, 6) is 0.688. The van der Waals surface area contributed by atoms with Crippen molar-refractivity contribution in [2.75, 3.05) is 18.0 Å². The SMILES string of the molecule is COc1ccc([C@@H](CC(C)C)NC(=O)CN(c2ccc(C)c(C)c2)S(=O)(=O)c2ccc(C)cc2)cc1. The van der Waals surface area contributed by atoms with E-state index in [1.54, 1.807) is 37.4 Å². The lowest BCUT2D eigenvalue weighted by molar-refractivity contribution is -0.120. The molecule has 0 aromatic heterocycles. The van der Waals surface area contributed by atoms with Crippen molar-refractivity contribution >= 4 is 21.6 Å². The van der Waals surface area contributed by atoms with Crippen molar-refractivity contribution in [2.45, 2.75) is 52.0 Å². The molecular weight excluding hydrogens is 472 g/mol. The summed E-state index contributed by atoms with van der Waals surface area (Å²) in [6.07, 6.45) is 0.715. The van der Waals surface area contributed by atoms with Gasteiger partial charge in [-0.05, 0) is 86.2 Å². The Morgan fingerprint density at radius 3 is 2.11 bits per heavy atom. The molecule has 0 aliphatic carbocycles. The molecule has 0 fully saturated rings. The minimum absolute atomic E-state index is 0.146. The van der Waals surface area contributed by atoms with E-state index in [4.69, 9.17) is 4.74 Å². The number of methoxy groups -OCH3 is 1. The molecule has 1 atom stereocenters. The van der Waals surface area contributed by atoms with E-state index in [-0.39, 0.29) is 23.4 Å². The molecule has 0 saturated heterocycles. The summed E-state index contributed by atoms with van der Waals surface area (Å²) in [7, 11) is -2.36. The molecule has 3 aromatic rings. The minimum Gasteiger partial charge on any atom is -0.497 e. The number of ether oxygens (including phenoxy) is 1. The van der Waals surface area contributed by atoms with Gasteiger partial charge in [-0.2, -0.15) is 0 Å². The first-order valence-corrected chi connectivity index (χ1v) is 13.5. The normalized spacial score (nSPS) is 12.3. The van der Waals surface area contributed by atoms with E-state index < -0.39 is 10.0 Å². The van der Waals surface area contributed by atoms with Gasteiger partial charge in [-0.15, -0.1) is 0 Å². The highest BCUT2D eigenvalue weighted by Crippen LogP contribution is 2.27. The first-order valence-electron chi connectivity index (χ1n) is 12.1. The third-order valence-electron chi connectivity index (χ3n) is 6.24. The molecule has 0 aliphatic heterocycles. The number of rotatable bonds is 10. The molecule has 0 saturated carbocycles. The third kappa shape index (κ3) is 6.66. The van der Waals surface area contributed by atoms with Crippen molar-refractivity contribution in [3.05, 3.63) is 89.0 Å². The number of amides is 1. The van der Waals surface area contributed by atoms with Crippen molar-refractivity contribution in [2.24, 2.45) is 5.92 Å². The lowest BCUT2D eigenvalue weighted by Gasteiger charge is -2.27. The maximum absolute atomic E-state index is 13.7. The van der Waals surface area contributed by atoms with E-state index >= 15 is 0 Å². The van der Waals surface area contributed by atoms with Crippen LogP contribution in [0.2, 0.25) is 0 Å². The van der Waals surface area contributed by atoms with Crippen LogP contribution >= 0.6 is 0 Å². The Morgan fingerprint density at radius 2 is 1.56 bits per heavy atom. The maximum Gasteiger partial charge on any atom is 0.264 e. The number of carbonyl (C=O) groups excluding carboxylic acids is 1. The van der Waals surface area contributed by atoms with Crippen LogP contribution in [0, 0.1) is 26.7 Å². The smallest absolute Gasteiger partial charge is 0.264 e. The molecule has 6 nitrogen and oxygen atoms in total. The van der Waals surface area contributed by atoms with Crippen molar-refractivity contribution in [3.63, 3.8) is 0 Å². The number of sulfonamides is 1. The number of nitrogens with zero attached hydrogens (tertiary/aromatic N) is 1. The summed E-state index contributed by atoms with van der Waals surface area (Å²) < 4.78 is 33.9. The topological polar surface area (TPSA) is 75.7 Å². The number of hydrogen-bond acceptors (Lipinski definition) is 4. The molecule has 3 rings (SSSR count). The lowest BCUT2D eigenvalue weighted by atomic mass is 9.97. The molecular formula is C29H36N2O4S. The molecule has 0 radical (unpaired) electrons. The predicted molar refractivity (Wildman–Crippen MR) is 145 cm³/mol. The molecule has 0 unspecified atom stereocenters. The molecule has 0 spiro atoms. The summed E-state index contributed by atoms with van der Waals surface area (Å²) in [5, 5.41) is 3.08. The number of hydrogen-bond donors (Lipinski definition) is 1. The fraction of sp³-hybridized carbons (Fsp3) is 0.345. The number of anilines is 1. The molecule has 7 heteroatoms. The van der Waals surface area contributed by atoms with E-state index in [1.807, 2.05) is 57.2 Å². The molecule has 192 valence electrons. The van der Waals surface area contributed by atoms with E-state index in [9.17, 15) is 13.2 Å². The largest absolute Gasteiger partial charge is 0.497 e. The van der Waals surface area contributed by atoms with Crippen LogP contribution in [-0.4, -0.2) is 28.0 Å². The van der Waals surface area contributed by atoms with Crippen LogP contribution in [-0.2, 0) is 14.8 Å². The van der Waals surface area contributed by atoms with Crippen LogP contribution in [0.4, 0.5) is 5.69 Å². The summed E-state index contributed by atoms with van der Waals surface area (Å²) >= 11 is 0. The number of benzene rings is 3. The summed E-state index contributed by atoms with van der Waals surface area (Å²) in [6.45, 7) is 9.65. The highest BCUT2D eigenvalue weighted by molar-refractivity contribution is 7.92. The van der Waals surface area contributed by atoms with Crippen molar-refractivity contribution in [3.8, 4) is 5.75 Å². The number of carbonyl (C=O) groups is 1. The highest BCUT2D eigenvalue weighted by Gasteiger charge is 2.28. The molecule has 1 amide bonds. The molecule has 0 heterocycles. The molecule has 3 aromatic carbocycles. The van der Waals surface area contributed by atoms with E-state index in [2.05, 4.69) is 19.2 Å². The van der Waals surface area contributed by atoms with Gasteiger partial charge in [-0.3, -0.25) is 9.10 Å². The zero-order valence-electron chi connectivity index (χ0n) is 21.9. The van der Waals surface area contributed by atoms with Gasteiger partial charge < -0.3 is 10.1 Å². The summed E-state index contributed by atoms with van der Waals surface area (Å²) in [4.78, 5) is 13.5. The summed E-state index contributed by atoms with van der Waals surface area (Å²) in [6, 6.07) is 19.4. The highest BCUT2D eigenvalue weighted by atomic mass is 32.2. The van der Waals surface area contributed by atoms with Gasteiger partial charge in [0, 0.05) is 0 Å². The van der Waals surface area contributed by atoms with Gasteiger partial charge in [0.25, 0.3) is 10.0 Å². The Balaban J connectivity index is 1.94. The molecule has 0 aliphatic rings. The van der Waals surface area contributed by atoms with Crippen LogP contribution in [0.25, 0.3) is 0 Å². The van der Waals surface area contributed by atoms with Crippen LogP contribution in [0.1, 0.15) is 48.6 Å². The molecule has 0 bridgehead atoms. The summed E-state index contributed by atoms with van der Waals surface area (Å²) in [5.41, 5.74) is 4.36. The Hall–Kier alpha value is -3.32. The maximum atomic E-state index is 13.7. The fourth-order valence-electron chi connectivity index (χ4n) is 3.99. The van der Waals surface area contributed by atoms with Crippen molar-refractivity contribution in [1.82, 2.24) is 5.32 Å². The Morgan fingerprint density at radius 1 is 0.917 bits per heavy atom. The Bertz CT molecular complexity index is 1280. The number of aryl methyl sites for hydroxylation is 3. The van der Waals surface area contributed by atoms with Gasteiger partial charge in [0.05, 0.1) is 23.7 Å². The number of nitrogens with one attached hydrogen (secondary N) is 1. The van der Waals surface area contributed by atoms with E-state index in [0.717, 1.165) is 28.0 Å². The second-order valence-electron chi connectivity index (χ2n) is 9.62. The average molecular weight is 509 g/mol. The van der Waals surface area contributed by atoms with E-state index in [1.165, 1.54) is 4.31 Å². The predicted octanol–water partition coefficient (Wildman–Crippen LogP) is 5.72. The first kappa shape index (κ1) is 27.3. The monoisotopic (exact) mass is 508 g/mol. The second kappa shape index (κ2) is 11.6. The fourth-order valence-corrected chi connectivity index (χ4v) is 5.40. The molecule has 36 heavy (non-hydrogen) atoms. The van der Waals surface area contributed by atoms with Crippen LogP contribution in [0.3, 0.4) is 0 Å². The van der Waals surface area contributed by atoms with Gasteiger partial charge in [0.2, 0.25) is 5.91 Å². The van der Waals surface area contributed by atoms with Crippen molar-refractivity contribution in [1.29, 1.82) is 0 Å². The van der Waals surface area contributed by atoms with Gasteiger partial charge in [-0.1, -0.05) is 49.7 Å². The van der Waals surface area contributed by atoms with Gasteiger partial charge in [0.15, 0.2) is 0 Å². The lowest BCUT2D eigenvalue weighted by Crippen LogP contribution is -2.42. The van der Waals surface area contributed by atoms with Crippen LogP contribution < -0.4 is 14.4 Å². The first-order chi connectivity index (χ1) is 17.0. The Kier molecular flexibility index (Phi) is 8.79. The third-order valence-corrected chi connectivity index (χ3v) is 8.02. The van der Waals surface area contributed by atoms with Crippen LogP contribution in [0.15, 0.2) is 71.6 Å². The van der Waals surface area contributed by atoms with Crippen LogP contribution in [0.5, 0.6) is 5.75 Å².